The minimum absolute atomic E-state index is 0.0105. The van der Waals surface area contributed by atoms with Crippen LogP contribution in [0.2, 0.25) is 0 Å². The summed E-state index contributed by atoms with van der Waals surface area (Å²) in [6, 6.07) is 12.1. The molecule has 0 amide bonds. The quantitative estimate of drug-likeness (QED) is 0.608. The number of fused-ring (bicyclic) bond motifs is 1. The zero-order valence-electron chi connectivity index (χ0n) is 10.4. The highest BCUT2D eigenvalue weighted by Crippen LogP contribution is 2.41. The largest absolute Gasteiger partial charge is 0.485 e. The summed E-state index contributed by atoms with van der Waals surface area (Å²) in [6.07, 6.45) is 0.764. The van der Waals surface area contributed by atoms with Gasteiger partial charge in [-0.3, -0.25) is 0 Å². The van der Waals surface area contributed by atoms with Gasteiger partial charge in [-0.25, -0.2) is 0 Å². The molecule has 0 aliphatic carbocycles. The van der Waals surface area contributed by atoms with Gasteiger partial charge in [0.2, 0.25) is 0 Å². The average molecular weight is 462 g/mol. The first-order chi connectivity index (χ1) is 9.54. The highest BCUT2D eigenvalue weighted by Gasteiger charge is 2.27. The van der Waals surface area contributed by atoms with E-state index in [0.717, 1.165) is 36.7 Å². The van der Waals surface area contributed by atoms with Crippen LogP contribution in [0.25, 0.3) is 0 Å². The van der Waals surface area contributed by atoms with E-state index in [2.05, 4.69) is 59.9 Å². The van der Waals surface area contributed by atoms with E-state index in [1.165, 1.54) is 0 Å². The molecule has 0 saturated heterocycles. The topological polar surface area (TPSA) is 35.2 Å². The zero-order valence-corrected chi connectivity index (χ0v) is 15.2. The van der Waals surface area contributed by atoms with E-state index in [4.69, 9.17) is 10.5 Å². The molecule has 3 rings (SSSR count). The molecule has 1 unspecified atom stereocenters. The number of hydrogen-bond acceptors (Lipinski definition) is 2. The van der Waals surface area contributed by atoms with Gasteiger partial charge in [0.1, 0.15) is 11.9 Å². The van der Waals surface area contributed by atoms with E-state index in [1.54, 1.807) is 0 Å². The van der Waals surface area contributed by atoms with E-state index in [-0.39, 0.29) is 12.1 Å². The first-order valence-electron chi connectivity index (χ1n) is 6.21. The van der Waals surface area contributed by atoms with Crippen molar-refractivity contribution in [2.75, 3.05) is 0 Å². The summed E-state index contributed by atoms with van der Waals surface area (Å²) in [7, 11) is 0. The highest BCUT2D eigenvalue weighted by atomic mass is 79.9. The van der Waals surface area contributed by atoms with Crippen LogP contribution in [0.3, 0.4) is 0 Å². The second-order valence-electron chi connectivity index (χ2n) is 4.80. The van der Waals surface area contributed by atoms with Gasteiger partial charge in [-0.1, -0.05) is 22.0 Å². The molecule has 1 heterocycles. The van der Waals surface area contributed by atoms with Crippen LogP contribution in [0.1, 0.15) is 29.7 Å². The van der Waals surface area contributed by atoms with Crippen LogP contribution < -0.4 is 10.5 Å². The van der Waals surface area contributed by atoms with Crippen LogP contribution in [0.4, 0.5) is 0 Å². The fourth-order valence-electron chi connectivity index (χ4n) is 2.39. The van der Waals surface area contributed by atoms with Gasteiger partial charge in [-0.05, 0) is 67.8 Å². The predicted octanol–water partition coefficient (Wildman–Crippen LogP) is 5.50. The van der Waals surface area contributed by atoms with Gasteiger partial charge in [0.05, 0.1) is 0 Å². The minimum Gasteiger partial charge on any atom is -0.485 e. The molecule has 2 N–H and O–H groups in total. The third kappa shape index (κ3) is 2.82. The van der Waals surface area contributed by atoms with Crippen LogP contribution >= 0.6 is 47.8 Å². The van der Waals surface area contributed by atoms with Gasteiger partial charge in [0.15, 0.2) is 0 Å². The Bertz CT molecular complexity index is 660. The van der Waals surface area contributed by atoms with Crippen molar-refractivity contribution in [3.63, 3.8) is 0 Å². The summed E-state index contributed by atoms with van der Waals surface area (Å²) < 4.78 is 9.18. The van der Waals surface area contributed by atoms with Crippen molar-refractivity contribution in [3.05, 3.63) is 60.9 Å². The van der Waals surface area contributed by atoms with Crippen LogP contribution in [-0.4, -0.2) is 0 Å². The van der Waals surface area contributed by atoms with E-state index >= 15 is 0 Å². The van der Waals surface area contributed by atoms with Crippen molar-refractivity contribution < 1.29 is 4.74 Å². The Morgan fingerprint density at radius 1 is 1.00 bits per heavy atom. The molecule has 104 valence electrons. The molecule has 0 aromatic heterocycles. The summed E-state index contributed by atoms with van der Waals surface area (Å²) in [6.45, 7) is 0. The number of rotatable bonds is 1. The maximum atomic E-state index is 6.29. The molecule has 2 aromatic carbocycles. The van der Waals surface area contributed by atoms with Crippen molar-refractivity contribution >= 4 is 47.8 Å². The summed E-state index contributed by atoms with van der Waals surface area (Å²) in [5.41, 5.74) is 8.48. The maximum absolute atomic E-state index is 6.29. The Kier molecular flexibility index (Phi) is 4.22. The standard InChI is InChI=1S/C15H12Br3NO/c16-9-2-4-14-10(6-9)13(19)7-15(20-14)8-1-3-11(17)12(18)5-8/h1-6,13,15H,7,19H2/t13-,15?/m1/s1. The van der Waals surface area contributed by atoms with Crippen LogP contribution in [0.5, 0.6) is 5.75 Å². The van der Waals surface area contributed by atoms with E-state index in [1.807, 2.05) is 24.3 Å². The fraction of sp³-hybridized carbons (Fsp3) is 0.200. The Hall–Kier alpha value is -0.360. The molecule has 0 radical (unpaired) electrons. The molecule has 1 aliphatic heterocycles. The lowest BCUT2D eigenvalue weighted by atomic mass is 9.94. The third-order valence-electron chi connectivity index (χ3n) is 3.42. The SMILES string of the molecule is N[C@@H]1CC(c2ccc(Br)c(Br)c2)Oc2ccc(Br)cc21. The molecule has 0 saturated carbocycles. The molecule has 0 bridgehead atoms. The average Bonchev–Trinajstić information content (AvgIpc) is 2.42. The number of hydrogen-bond donors (Lipinski definition) is 1. The first kappa shape index (κ1) is 14.6. The van der Waals surface area contributed by atoms with Crippen LogP contribution in [0, 0.1) is 0 Å². The minimum atomic E-state index is -0.0110. The van der Waals surface area contributed by atoms with E-state index < -0.39 is 0 Å². The van der Waals surface area contributed by atoms with Gasteiger partial charge in [0.25, 0.3) is 0 Å². The molecule has 2 aromatic rings. The van der Waals surface area contributed by atoms with Crippen molar-refractivity contribution in [1.29, 1.82) is 0 Å². The molecule has 20 heavy (non-hydrogen) atoms. The lowest BCUT2D eigenvalue weighted by molar-refractivity contribution is 0.161. The van der Waals surface area contributed by atoms with Crippen molar-refractivity contribution in [3.8, 4) is 5.75 Å². The lowest BCUT2D eigenvalue weighted by Gasteiger charge is -2.31. The Morgan fingerprint density at radius 2 is 1.80 bits per heavy atom. The van der Waals surface area contributed by atoms with Crippen molar-refractivity contribution in [2.24, 2.45) is 5.73 Å². The zero-order chi connectivity index (χ0) is 14.3. The normalized spacial score (nSPS) is 21.2. The highest BCUT2D eigenvalue weighted by molar-refractivity contribution is 9.13. The van der Waals surface area contributed by atoms with Gasteiger partial charge >= 0.3 is 0 Å². The molecule has 1 aliphatic rings. The maximum Gasteiger partial charge on any atom is 0.126 e. The van der Waals surface area contributed by atoms with E-state index in [0.29, 0.717) is 0 Å². The summed E-state index contributed by atoms with van der Waals surface area (Å²) in [5.74, 6) is 0.871. The monoisotopic (exact) mass is 459 g/mol. The molecule has 0 spiro atoms. The molecular formula is C15H12Br3NO. The summed E-state index contributed by atoms with van der Waals surface area (Å²) in [4.78, 5) is 0. The predicted molar refractivity (Wildman–Crippen MR) is 90.9 cm³/mol. The molecule has 2 atom stereocenters. The molecular weight excluding hydrogens is 450 g/mol. The van der Waals surface area contributed by atoms with E-state index in [9.17, 15) is 0 Å². The smallest absolute Gasteiger partial charge is 0.126 e. The van der Waals surface area contributed by atoms with Crippen LogP contribution in [-0.2, 0) is 0 Å². The fourth-order valence-corrected chi connectivity index (χ4v) is 3.41. The number of ether oxygens (including phenoxy) is 1. The van der Waals surface area contributed by atoms with Crippen LogP contribution in [0.15, 0.2) is 49.8 Å². The number of halogens is 3. The van der Waals surface area contributed by atoms with Gasteiger partial charge < -0.3 is 10.5 Å². The summed E-state index contributed by atoms with van der Waals surface area (Å²) in [5, 5.41) is 0. The Labute approximate surface area is 143 Å². The Balaban J connectivity index is 1.94. The molecule has 0 fully saturated rings. The summed E-state index contributed by atoms with van der Waals surface area (Å²) >= 11 is 10.5. The van der Waals surface area contributed by atoms with Crippen molar-refractivity contribution in [2.45, 2.75) is 18.6 Å². The second kappa shape index (κ2) is 5.79. The molecule has 5 heteroatoms. The number of benzene rings is 2. The van der Waals surface area contributed by atoms with Gasteiger partial charge in [0, 0.05) is 31.4 Å². The Morgan fingerprint density at radius 3 is 2.55 bits per heavy atom. The first-order valence-corrected chi connectivity index (χ1v) is 8.59. The third-order valence-corrected chi connectivity index (χ3v) is 5.80. The van der Waals surface area contributed by atoms with Crippen molar-refractivity contribution in [1.82, 2.24) is 0 Å². The van der Waals surface area contributed by atoms with Gasteiger partial charge in [-0.15, -0.1) is 0 Å². The lowest BCUT2D eigenvalue weighted by Crippen LogP contribution is -2.24. The van der Waals surface area contributed by atoms with Gasteiger partial charge in [-0.2, -0.15) is 0 Å². The molecule has 2 nitrogen and oxygen atoms in total. The second-order valence-corrected chi connectivity index (χ2v) is 7.43. The number of nitrogens with two attached hydrogens (primary N) is 1.